The number of hydrogen-bond acceptors (Lipinski definition) is 7. The summed E-state index contributed by atoms with van der Waals surface area (Å²) in [5.41, 5.74) is 2.40. The highest BCUT2D eigenvalue weighted by Crippen LogP contribution is 2.31. The van der Waals surface area contributed by atoms with Crippen molar-refractivity contribution in [2.24, 2.45) is 5.92 Å². The van der Waals surface area contributed by atoms with E-state index in [1.165, 1.54) is 28.9 Å². The summed E-state index contributed by atoms with van der Waals surface area (Å²) in [6, 6.07) is 4.11. The van der Waals surface area contributed by atoms with Gasteiger partial charge in [0.05, 0.1) is 13.7 Å². The zero-order valence-electron chi connectivity index (χ0n) is 21.7. The summed E-state index contributed by atoms with van der Waals surface area (Å²) < 4.78 is 13.2. The van der Waals surface area contributed by atoms with Crippen molar-refractivity contribution in [2.75, 3.05) is 87.8 Å². The zero-order chi connectivity index (χ0) is 24.4. The predicted molar refractivity (Wildman–Crippen MR) is 137 cm³/mol. The Hall–Kier alpha value is -1.32. The Morgan fingerprint density at radius 2 is 1.85 bits per heavy atom. The number of rotatable bonds is 14. The van der Waals surface area contributed by atoms with Crippen molar-refractivity contribution in [3.05, 3.63) is 23.3 Å². The fourth-order valence-corrected chi connectivity index (χ4v) is 5.08. The molecule has 0 aliphatic carbocycles. The van der Waals surface area contributed by atoms with E-state index < -0.39 is 0 Å². The highest BCUT2D eigenvalue weighted by atomic mass is 32.2. The molecule has 8 heteroatoms. The summed E-state index contributed by atoms with van der Waals surface area (Å²) in [5.74, 6) is 1.52. The number of carbonyl (C=O) groups is 1. The maximum Gasteiger partial charge on any atom is 0.248 e. The van der Waals surface area contributed by atoms with Crippen LogP contribution in [0.2, 0.25) is 0 Å². The van der Waals surface area contributed by atoms with Gasteiger partial charge < -0.3 is 24.2 Å². The minimum Gasteiger partial charge on any atom is -0.497 e. The molecule has 2 rings (SSSR count). The molecule has 0 radical (unpaired) electrons. The summed E-state index contributed by atoms with van der Waals surface area (Å²) in [5, 5.41) is 0. The molecule has 1 amide bonds. The van der Waals surface area contributed by atoms with Gasteiger partial charge >= 0.3 is 0 Å². The van der Waals surface area contributed by atoms with Crippen molar-refractivity contribution >= 4 is 17.9 Å². The number of benzene rings is 1. The monoisotopic (exact) mass is 480 g/mol. The smallest absolute Gasteiger partial charge is 0.248 e. The van der Waals surface area contributed by atoms with E-state index in [0.29, 0.717) is 12.5 Å². The lowest BCUT2D eigenvalue weighted by Gasteiger charge is -2.22. The average molecular weight is 481 g/mol. The van der Waals surface area contributed by atoms with Gasteiger partial charge in [-0.3, -0.25) is 4.79 Å². The molecule has 0 spiro atoms. The highest BCUT2D eigenvalue weighted by Gasteiger charge is 2.24. The third-order valence-electron chi connectivity index (χ3n) is 6.10. The van der Waals surface area contributed by atoms with Crippen LogP contribution in [0, 0.1) is 19.8 Å². The Morgan fingerprint density at radius 1 is 1.15 bits per heavy atom. The largest absolute Gasteiger partial charge is 0.497 e. The number of carbonyl (C=O) groups excluding carboxylic acids is 1. The maximum atomic E-state index is 12.5. The normalized spacial score (nSPS) is 16.7. The first-order chi connectivity index (χ1) is 15.7. The van der Waals surface area contributed by atoms with Crippen LogP contribution in [0.25, 0.3) is 0 Å². The molecule has 1 heterocycles. The molecule has 1 aliphatic heterocycles. The van der Waals surface area contributed by atoms with Gasteiger partial charge in [0, 0.05) is 31.6 Å². The second-order valence-electron chi connectivity index (χ2n) is 9.47. The molecule has 0 saturated carbocycles. The van der Waals surface area contributed by atoms with Gasteiger partial charge in [-0.25, -0.2) is 4.31 Å². The Bertz CT molecular complexity index is 723. The van der Waals surface area contributed by atoms with E-state index in [1.54, 1.807) is 19.1 Å². The first kappa shape index (κ1) is 27.9. The lowest BCUT2D eigenvalue weighted by Crippen LogP contribution is -2.36. The van der Waals surface area contributed by atoms with Crippen LogP contribution in [0.15, 0.2) is 17.0 Å². The molecule has 0 bridgehead atoms. The summed E-state index contributed by atoms with van der Waals surface area (Å²) in [4.78, 5) is 20.3. The molecule has 0 aromatic heterocycles. The molecular formula is C25H44N4O3S. The third-order valence-corrected chi connectivity index (χ3v) is 7.42. The van der Waals surface area contributed by atoms with E-state index in [-0.39, 0.29) is 12.5 Å². The van der Waals surface area contributed by atoms with Gasteiger partial charge in [0.25, 0.3) is 0 Å². The summed E-state index contributed by atoms with van der Waals surface area (Å²) in [6.07, 6.45) is 2.37. The molecule has 1 saturated heterocycles. The SMILES string of the molecule is COc1cc(C)c(SN(C)CCOCC(=O)N(C)C[C@@H]2CCN(CCCN(C)C)C2)c(C)c1. The average Bonchev–Trinajstić information content (AvgIpc) is 3.20. The Labute approximate surface area is 205 Å². The molecule has 7 nitrogen and oxygen atoms in total. The minimum atomic E-state index is 0.0678. The summed E-state index contributed by atoms with van der Waals surface area (Å²) in [7, 11) is 9.89. The van der Waals surface area contributed by atoms with Gasteiger partial charge in [-0.15, -0.1) is 0 Å². The number of aryl methyl sites for hydroxylation is 2. The van der Waals surface area contributed by atoms with Gasteiger partial charge in [0.2, 0.25) is 5.91 Å². The quantitative estimate of drug-likeness (QED) is 0.300. The lowest BCUT2D eigenvalue weighted by molar-refractivity contribution is -0.135. The van der Waals surface area contributed by atoms with Crippen molar-refractivity contribution in [3.8, 4) is 5.75 Å². The van der Waals surface area contributed by atoms with Gasteiger partial charge in [-0.05, 0) is 109 Å². The van der Waals surface area contributed by atoms with Crippen LogP contribution in [0.4, 0.5) is 0 Å². The van der Waals surface area contributed by atoms with E-state index in [0.717, 1.165) is 45.0 Å². The number of ether oxygens (including phenoxy) is 2. The number of hydrogen-bond donors (Lipinski definition) is 0. The first-order valence-corrected chi connectivity index (χ1v) is 12.7. The number of likely N-dealkylation sites (N-methyl/N-ethyl adjacent to an activating group) is 2. The van der Waals surface area contributed by atoms with Gasteiger partial charge in [-0.1, -0.05) is 0 Å². The molecular weight excluding hydrogens is 436 g/mol. The van der Waals surface area contributed by atoms with Crippen LogP contribution in [0.3, 0.4) is 0 Å². The summed E-state index contributed by atoms with van der Waals surface area (Å²) >= 11 is 1.70. The van der Waals surface area contributed by atoms with Crippen molar-refractivity contribution < 1.29 is 14.3 Å². The minimum absolute atomic E-state index is 0.0678. The molecule has 1 aliphatic rings. The molecule has 0 N–H and O–H groups in total. The molecule has 1 atom stereocenters. The van der Waals surface area contributed by atoms with Crippen LogP contribution in [-0.2, 0) is 9.53 Å². The van der Waals surface area contributed by atoms with Crippen molar-refractivity contribution in [2.45, 2.75) is 31.6 Å². The molecule has 1 aromatic carbocycles. The predicted octanol–water partition coefficient (Wildman–Crippen LogP) is 3.00. The van der Waals surface area contributed by atoms with Crippen molar-refractivity contribution in [1.29, 1.82) is 0 Å². The van der Waals surface area contributed by atoms with E-state index in [4.69, 9.17) is 9.47 Å². The fraction of sp³-hybridized carbons (Fsp3) is 0.720. The van der Waals surface area contributed by atoms with Gasteiger partial charge in [0.15, 0.2) is 0 Å². The molecule has 188 valence electrons. The highest BCUT2D eigenvalue weighted by molar-refractivity contribution is 7.97. The second-order valence-corrected chi connectivity index (χ2v) is 10.7. The Kier molecular flexibility index (Phi) is 12.0. The van der Waals surface area contributed by atoms with Crippen LogP contribution in [0.1, 0.15) is 24.0 Å². The number of likely N-dealkylation sites (tertiary alicyclic amines) is 1. The van der Waals surface area contributed by atoms with Crippen LogP contribution < -0.4 is 4.74 Å². The first-order valence-electron chi connectivity index (χ1n) is 11.9. The molecule has 1 aromatic rings. The zero-order valence-corrected chi connectivity index (χ0v) is 22.5. The maximum absolute atomic E-state index is 12.5. The van der Waals surface area contributed by atoms with Crippen LogP contribution >= 0.6 is 11.9 Å². The summed E-state index contributed by atoms with van der Waals surface area (Å²) in [6.45, 7) is 11.0. The van der Waals surface area contributed by atoms with Crippen molar-refractivity contribution in [3.63, 3.8) is 0 Å². The van der Waals surface area contributed by atoms with E-state index in [2.05, 4.69) is 61.2 Å². The molecule has 0 unspecified atom stereocenters. The molecule has 1 fully saturated rings. The molecule has 33 heavy (non-hydrogen) atoms. The Morgan fingerprint density at radius 3 is 2.48 bits per heavy atom. The second kappa shape index (κ2) is 14.2. The third kappa shape index (κ3) is 9.83. The van der Waals surface area contributed by atoms with E-state index in [9.17, 15) is 4.79 Å². The number of nitrogens with zero attached hydrogens (tertiary/aromatic N) is 4. The number of methoxy groups -OCH3 is 1. The lowest BCUT2D eigenvalue weighted by atomic mass is 10.1. The topological polar surface area (TPSA) is 48.5 Å². The van der Waals surface area contributed by atoms with Gasteiger partial charge in [0.1, 0.15) is 12.4 Å². The van der Waals surface area contributed by atoms with E-state index >= 15 is 0 Å². The Balaban J connectivity index is 1.63. The van der Waals surface area contributed by atoms with E-state index in [1.807, 2.05) is 11.9 Å². The standard InChI is InChI=1S/C25H44N4O3S/c1-20-15-23(31-7)16-21(2)25(20)33-28(6)13-14-32-19-24(30)27(5)17-22-9-12-29(18-22)11-8-10-26(3)4/h15-16,22H,8-14,17-19H2,1-7H3/t22-/m0/s1. The van der Waals surface area contributed by atoms with Gasteiger partial charge in [-0.2, -0.15) is 0 Å². The van der Waals surface area contributed by atoms with Crippen LogP contribution in [0.5, 0.6) is 5.75 Å². The fourth-order valence-electron chi connectivity index (χ4n) is 4.20. The van der Waals surface area contributed by atoms with Crippen LogP contribution in [-0.4, -0.2) is 113 Å². The number of amides is 1. The van der Waals surface area contributed by atoms with Crippen molar-refractivity contribution in [1.82, 2.24) is 19.0 Å².